The van der Waals surface area contributed by atoms with E-state index in [0.29, 0.717) is 6.04 Å². The van der Waals surface area contributed by atoms with Crippen LogP contribution in [0, 0.1) is 0 Å². The lowest BCUT2D eigenvalue weighted by Crippen LogP contribution is -2.18. The minimum atomic E-state index is 0.499. The Bertz CT molecular complexity index is 531. The molecule has 2 aromatic carbocycles. The Hall–Kier alpha value is -1.80. The van der Waals surface area contributed by atoms with Gasteiger partial charge in [-0.1, -0.05) is 36.4 Å². The number of aryl methyl sites for hydroxylation is 1. The highest BCUT2D eigenvalue weighted by molar-refractivity contribution is 5.39. The van der Waals surface area contributed by atoms with Crippen LogP contribution in [0.25, 0.3) is 0 Å². The van der Waals surface area contributed by atoms with Crippen LogP contribution in [0.1, 0.15) is 29.2 Å². The van der Waals surface area contributed by atoms with Crippen molar-refractivity contribution in [1.29, 1.82) is 0 Å². The van der Waals surface area contributed by atoms with Crippen molar-refractivity contribution in [3.05, 3.63) is 65.2 Å². The van der Waals surface area contributed by atoms with Crippen molar-refractivity contribution in [2.45, 2.75) is 25.4 Å². The number of hydrogen-bond donors (Lipinski definition) is 2. The van der Waals surface area contributed by atoms with E-state index in [9.17, 15) is 0 Å². The molecule has 92 valence electrons. The topological polar surface area (TPSA) is 38.0 Å². The van der Waals surface area contributed by atoms with Crippen LogP contribution in [0.4, 0.5) is 5.69 Å². The fourth-order valence-corrected chi connectivity index (χ4v) is 2.65. The first-order valence-corrected chi connectivity index (χ1v) is 6.48. The summed E-state index contributed by atoms with van der Waals surface area (Å²) in [6.45, 7) is 0.902. The van der Waals surface area contributed by atoms with Gasteiger partial charge in [-0.25, -0.2) is 0 Å². The highest BCUT2D eigenvalue weighted by Gasteiger charge is 2.20. The van der Waals surface area contributed by atoms with Crippen molar-refractivity contribution in [2.24, 2.45) is 0 Å². The van der Waals surface area contributed by atoms with Gasteiger partial charge in [-0.3, -0.25) is 0 Å². The van der Waals surface area contributed by atoms with E-state index in [-0.39, 0.29) is 0 Å². The normalized spacial score (nSPS) is 17.7. The third-order valence-corrected chi connectivity index (χ3v) is 3.67. The summed E-state index contributed by atoms with van der Waals surface area (Å²) >= 11 is 0. The van der Waals surface area contributed by atoms with Crippen LogP contribution in [-0.2, 0) is 13.0 Å². The zero-order valence-electron chi connectivity index (χ0n) is 10.4. The average Bonchev–Trinajstić information content (AvgIpc) is 2.82. The van der Waals surface area contributed by atoms with Crippen LogP contribution in [0.5, 0.6) is 0 Å². The van der Waals surface area contributed by atoms with Gasteiger partial charge in [0.05, 0.1) is 0 Å². The van der Waals surface area contributed by atoms with Gasteiger partial charge in [-0.15, -0.1) is 0 Å². The summed E-state index contributed by atoms with van der Waals surface area (Å²) in [6.07, 6.45) is 2.39. The van der Waals surface area contributed by atoms with E-state index in [2.05, 4.69) is 41.7 Å². The molecule has 0 radical (unpaired) electrons. The lowest BCUT2D eigenvalue weighted by molar-refractivity contribution is 0.530. The number of hydrogen-bond acceptors (Lipinski definition) is 2. The summed E-state index contributed by atoms with van der Waals surface area (Å²) in [5, 5.41) is 3.63. The molecule has 2 heteroatoms. The Labute approximate surface area is 108 Å². The molecule has 0 saturated carbocycles. The standard InChI is InChI=1S/C16H18N2/c17-14-8-5-12(6-9-14)11-18-16-10-7-13-3-1-2-4-15(13)16/h1-6,8-9,16,18H,7,10-11,17H2. The van der Waals surface area contributed by atoms with E-state index in [1.807, 2.05) is 12.1 Å². The first-order valence-electron chi connectivity index (χ1n) is 6.48. The zero-order valence-corrected chi connectivity index (χ0v) is 10.4. The van der Waals surface area contributed by atoms with Crippen molar-refractivity contribution in [3.63, 3.8) is 0 Å². The second kappa shape index (κ2) is 4.83. The largest absolute Gasteiger partial charge is 0.399 e. The van der Waals surface area contributed by atoms with Gasteiger partial charge >= 0.3 is 0 Å². The second-order valence-corrected chi connectivity index (χ2v) is 4.91. The molecule has 0 aromatic heterocycles. The fourth-order valence-electron chi connectivity index (χ4n) is 2.65. The van der Waals surface area contributed by atoms with Crippen molar-refractivity contribution >= 4 is 5.69 Å². The quantitative estimate of drug-likeness (QED) is 0.807. The third kappa shape index (κ3) is 2.24. The smallest absolute Gasteiger partial charge is 0.0329 e. The zero-order chi connectivity index (χ0) is 12.4. The first-order chi connectivity index (χ1) is 8.83. The molecular weight excluding hydrogens is 220 g/mol. The van der Waals surface area contributed by atoms with Gasteiger partial charge in [0.15, 0.2) is 0 Å². The highest BCUT2D eigenvalue weighted by Crippen LogP contribution is 2.30. The molecule has 1 aliphatic rings. The summed E-state index contributed by atoms with van der Waals surface area (Å²) in [4.78, 5) is 0. The van der Waals surface area contributed by atoms with Gasteiger partial charge in [-0.05, 0) is 41.7 Å². The van der Waals surface area contributed by atoms with Crippen LogP contribution in [0.3, 0.4) is 0 Å². The molecule has 3 rings (SSSR count). The maximum Gasteiger partial charge on any atom is 0.0329 e. The molecule has 0 spiro atoms. The fraction of sp³-hybridized carbons (Fsp3) is 0.250. The van der Waals surface area contributed by atoms with Gasteiger partial charge in [-0.2, -0.15) is 0 Å². The molecule has 2 nitrogen and oxygen atoms in total. The molecule has 0 amide bonds. The summed E-state index contributed by atoms with van der Waals surface area (Å²) < 4.78 is 0. The Kier molecular flexibility index (Phi) is 3.03. The van der Waals surface area contributed by atoms with Crippen molar-refractivity contribution in [2.75, 3.05) is 5.73 Å². The molecule has 18 heavy (non-hydrogen) atoms. The van der Waals surface area contributed by atoms with Gasteiger partial charge < -0.3 is 11.1 Å². The molecule has 0 aliphatic heterocycles. The molecule has 1 unspecified atom stereocenters. The predicted molar refractivity (Wildman–Crippen MR) is 75.2 cm³/mol. The number of nitrogens with two attached hydrogens (primary N) is 1. The Morgan fingerprint density at radius 1 is 1.06 bits per heavy atom. The van der Waals surface area contributed by atoms with Crippen LogP contribution in [0.15, 0.2) is 48.5 Å². The number of rotatable bonds is 3. The highest BCUT2D eigenvalue weighted by atomic mass is 14.9. The van der Waals surface area contributed by atoms with E-state index in [0.717, 1.165) is 12.2 Å². The summed E-state index contributed by atoms with van der Waals surface area (Å²) in [7, 11) is 0. The molecule has 0 heterocycles. The third-order valence-electron chi connectivity index (χ3n) is 3.67. The lowest BCUT2D eigenvalue weighted by Gasteiger charge is -2.14. The number of anilines is 1. The van der Waals surface area contributed by atoms with Crippen LogP contribution in [-0.4, -0.2) is 0 Å². The SMILES string of the molecule is Nc1ccc(CNC2CCc3ccccc32)cc1. The van der Waals surface area contributed by atoms with Gasteiger partial charge in [0, 0.05) is 18.3 Å². The number of benzene rings is 2. The predicted octanol–water partition coefficient (Wildman–Crippen LogP) is 3.05. The molecule has 1 atom stereocenters. The van der Waals surface area contributed by atoms with E-state index >= 15 is 0 Å². The maximum atomic E-state index is 5.69. The van der Waals surface area contributed by atoms with E-state index < -0.39 is 0 Å². The van der Waals surface area contributed by atoms with Crippen molar-refractivity contribution in [3.8, 4) is 0 Å². The number of nitrogens with one attached hydrogen (secondary N) is 1. The molecular formula is C16H18N2. The summed E-state index contributed by atoms with van der Waals surface area (Å²) in [5.41, 5.74) is 10.8. The van der Waals surface area contributed by atoms with Gasteiger partial charge in [0.2, 0.25) is 0 Å². The second-order valence-electron chi connectivity index (χ2n) is 4.91. The van der Waals surface area contributed by atoms with Gasteiger partial charge in [0.1, 0.15) is 0 Å². The first kappa shape index (κ1) is 11.3. The minimum absolute atomic E-state index is 0.499. The summed E-state index contributed by atoms with van der Waals surface area (Å²) in [5.74, 6) is 0. The molecule has 0 fully saturated rings. The van der Waals surface area contributed by atoms with E-state index in [1.54, 1.807) is 0 Å². The molecule has 2 aromatic rings. The molecule has 3 N–H and O–H groups in total. The Morgan fingerprint density at radius 2 is 1.83 bits per heavy atom. The van der Waals surface area contributed by atoms with Crippen LogP contribution < -0.4 is 11.1 Å². The van der Waals surface area contributed by atoms with Crippen molar-refractivity contribution < 1.29 is 0 Å². The van der Waals surface area contributed by atoms with E-state index in [1.165, 1.54) is 29.5 Å². The monoisotopic (exact) mass is 238 g/mol. The number of fused-ring (bicyclic) bond motifs is 1. The minimum Gasteiger partial charge on any atom is -0.399 e. The van der Waals surface area contributed by atoms with Crippen LogP contribution in [0.2, 0.25) is 0 Å². The number of nitrogen functional groups attached to an aromatic ring is 1. The maximum absolute atomic E-state index is 5.69. The molecule has 0 saturated heterocycles. The van der Waals surface area contributed by atoms with Crippen LogP contribution >= 0.6 is 0 Å². The molecule has 0 bridgehead atoms. The average molecular weight is 238 g/mol. The molecule has 1 aliphatic carbocycles. The van der Waals surface area contributed by atoms with Gasteiger partial charge in [0.25, 0.3) is 0 Å². The lowest BCUT2D eigenvalue weighted by atomic mass is 10.1. The Morgan fingerprint density at radius 3 is 2.67 bits per heavy atom. The van der Waals surface area contributed by atoms with E-state index in [4.69, 9.17) is 5.73 Å². The summed E-state index contributed by atoms with van der Waals surface area (Å²) in [6, 6.07) is 17.3. The Balaban J connectivity index is 1.67. The van der Waals surface area contributed by atoms with Crippen molar-refractivity contribution in [1.82, 2.24) is 5.32 Å².